The fourth-order valence-corrected chi connectivity index (χ4v) is 5.50. The van der Waals surface area contributed by atoms with Gasteiger partial charge in [-0.15, -0.1) is 0 Å². The summed E-state index contributed by atoms with van der Waals surface area (Å²) >= 11 is 13.0. The number of benzene rings is 2. The number of carbonyl (C=O) groups is 1. The Morgan fingerprint density at radius 2 is 1.76 bits per heavy atom. The van der Waals surface area contributed by atoms with E-state index in [9.17, 15) is 14.4 Å². The van der Waals surface area contributed by atoms with Gasteiger partial charge in [-0.25, -0.2) is 18.6 Å². The number of rotatable bonds is 4. The van der Waals surface area contributed by atoms with Gasteiger partial charge in [0.1, 0.15) is 28.6 Å². The number of piperidine rings is 1. The predicted octanol–water partition coefficient (Wildman–Crippen LogP) is 7.60. The molecule has 1 N–H and O–H groups in total. The lowest BCUT2D eigenvalue weighted by Gasteiger charge is -2.34. The number of nitrogens with zero attached hydrogens (tertiary/aromatic N) is 3. The fraction of sp³-hybridized carbons (Fsp3) is 0.300. The summed E-state index contributed by atoms with van der Waals surface area (Å²) in [4.78, 5) is 18.9. The van der Waals surface area contributed by atoms with Gasteiger partial charge in [-0.05, 0) is 69.5 Å². The van der Waals surface area contributed by atoms with Gasteiger partial charge in [0.25, 0.3) is 5.69 Å². The van der Waals surface area contributed by atoms with E-state index >= 15 is 4.39 Å². The molecule has 11 heteroatoms. The van der Waals surface area contributed by atoms with Crippen molar-refractivity contribution in [1.82, 2.24) is 9.88 Å². The molecule has 0 unspecified atom stereocenters. The van der Waals surface area contributed by atoms with Gasteiger partial charge < -0.3 is 20.2 Å². The molecule has 5 rings (SSSR count). The molecule has 1 saturated heterocycles. The van der Waals surface area contributed by atoms with Gasteiger partial charge in [-0.3, -0.25) is 0 Å². The maximum Gasteiger partial charge on any atom is 0.410 e. The summed E-state index contributed by atoms with van der Waals surface area (Å²) in [5.41, 5.74) is 0.594. The van der Waals surface area contributed by atoms with Crippen LogP contribution in [0.4, 0.5) is 19.4 Å². The van der Waals surface area contributed by atoms with E-state index in [1.807, 2.05) is 20.8 Å². The highest BCUT2D eigenvalue weighted by molar-refractivity contribution is 6.39. The van der Waals surface area contributed by atoms with Crippen LogP contribution in [0.15, 0.2) is 54.7 Å². The highest BCUT2D eigenvalue weighted by atomic mass is 35.5. The highest BCUT2D eigenvalue weighted by Gasteiger charge is 2.28. The number of nitrogens with one attached hydrogen (secondary N) is 1. The van der Waals surface area contributed by atoms with E-state index in [1.165, 1.54) is 24.4 Å². The normalized spacial score (nSPS) is 14.4. The molecule has 3 heterocycles. The summed E-state index contributed by atoms with van der Waals surface area (Å²) in [6.45, 7) is 6.41. The van der Waals surface area contributed by atoms with Crippen molar-refractivity contribution in [3.63, 3.8) is 0 Å². The van der Waals surface area contributed by atoms with Crippen molar-refractivity contribution in [3.05, 3.63) is 81.6 Å². The molecule has 0 bridgehead atoms. The quantitative estimate of drug-likeness (QED) is 0.193. The van der Waals surface area contributed by atoms with Gasteiger partial charge in [-0.2, -0.15) is 4.73 Å². The van der Waals surface area contributed by atoms with Crippen LogP contribution in [0.5, 0.6) is 0 Å². The van der Waals surface area contributed by atoms with Crippen LogP contribution in [0.3, 0.4) is 0 Å². The van der Waals surface area contributed by atoms with Gasteiger partial charge >= 0.3 is 6.09 Å². The summed E-state index contributed by atoms with van der Waals surface area (Å²) in [6, 6.07) is 11.4. The minimum Gasteiger partial charge on any atom is -0.618 e. The zero-order chi connectivity index (χ0) is 29.5. The first-order valence-corrected chi connectivity index (χ1v) is 13.9. The number of amides is 1. The Bertz CT molecular complexity index is 1620. The Labute approximate surface area is 246 Å². The first-order valence-electron chi connectivity index (χ1n) is 13.1. The average molecular weight is 601 g/mol. The number of halogens is 4. The van der Waals surface area contributed by atoms with Crippen LogP contribution >= 0.6 is 23.2 Å². The van der Waals surface area contributed by atoms with E-state index in [0.29, 0.717) is 47.4 Å². The molecule has 41 heavy (non-hydrogen) atoms. The molecule has 1 fully saturated rings. The van der Waals surface area contributed by atoms with E-state index in [4.69, 9.17) is 32.9 Å². The lowest BCUT2D eigenvalue weighted by molar-refractivity contribution is -0.592. The number of fused-ring (bicyclic) bond motifs is 1. The monoisotopic (exact) mass is 600 g/mol. The first-order chi connectivity index (χ1) is 19.4. The SMILES string of the molecule is CC(C)(C)OC(=O)N1CCC(Nc2cc(-c3ccc(F)cc3F)c3cc[n+]([O-])c(-c4c(Cl)cccc4Cl)c3n2)CC1. The second kappa shape index (κ2) is 11.3. The lowest BCUT2D eigenvalue weighted by Crippen LogP contribution is -2.44. The number of likely N-dealkylation sites (tertiary alicyclic amines) is 1. The summed E-state index contributed by atoms with van der Waals surface area (Å²) < 4.78 is 35.0. The summed E-state index contributed by atoms with van der Waals surface area (Å²) in [5, 5.41) is 17.5. The van der Waals surface area contributed by atoms with Gasteiger partial charge in [0.05, 0.1) is 15.6 Å². The zero-order valence-electron chi connectivity index (χ0n) is 22.7. The maximum absolute atomic E-state index is 15.1. The van der Waals surface area contributed by atoms with Crippen LogP contribution in [0.2, 0.25) is 10.0 Å². The third kappa shape index (κ3) is 6.16. The van der Waals surface area contributed by atoms with E-state index in [-0.39, 0.29) is 44.5 Å². The number of hydrogen-bond donors (Lipinski definition) is 1. The molecule has 4 aromatic rings. The minimum absolute atomic E-state index is 0.0695. The molecule has 214 valence electrons. The highest BCUT2D eigenvalue weighted by Crippen LogP contribution is 2.39. The van der Waals surface area contributed by atoms with Crippen molar-refractivity contribution in [3.8, 4) is 22.4 Å². The lowest BCUT2D eigenvalue weighted by atomic mass is 9.98. The van der Waals surface area contributed by atoms with Crippen molar-refractivity contribution in [1.29, 1.82) is 0 Å². The van der Waals surface area contributed by atoms with Crippen molar-refractivity contribution < 1.29 is 23.0 Å². The smallest absolute Gasteiger partial charge is 0.410 e. The molecular formula is C30H28Cl2F2N4O3. The van der Waals surface area contributed by atoms with Crippen LogP contribution in [-0.2, 0) is 4.74 Å². The topological polar surface area (TPSA) is 81.4 Å². The first kappa shape index (κ1) is 28.8. The van der Waals surface area contributed by atoms with E-state index in [1.54, 1.807) is 29.2 Å². The molecule has 0 spiro atoms. The summed E-state index contributed by atoms with van der Waals surface area (Å²) in [6.07, 6.45) is 2.14. The Kier molecular flexibility index (Phi) is 7.94. The average Bonchev–Trinajstić information content (AvgIpc) is 2.89. The molecule has 1 aliphatic rings. The Morgan fingerprint density at radius 1 is 1.07 bits per heavy atom. The molecule has 7 nitrogen and oxygen atoms in total. The van der Waals surface area contributed by atoms with E-state index < -0.39 is 17.2 Å². The van der Waals surface area contributed by atoms with Crippen molar-refractivity contribution in [2.24, 2.45) is 0 Å². The number of anilines is 1. The largest absolute Gasteiger partial charge is 0.618 e. The minimum atomic E-state index is -0.759. The number of pyridine rings is 2. The van der Waals surface area contributed by atoms with Crippen molar-refractivity contribution in [2.75, 3.05) is 18.4 Å². The Morgan fingerprint density at radius 3 is 2.39 bits per heavy atom. The Hall–Kier alpha value is -3.69. The Balaban J connectivity index is 1.58. The number of ether oxygens (including phenoxy) is 1. The van der Waals surface area contributed by atoms with Gasteiger partial charge in [0.2, 0.25) is 0 Å². The molecule has 1 aliphatic heterocycles. The van der Waals surface area contributed by atoms with Crippen LogP contribution in [0, 0.1) is 16.8 Å². The molecule has 0 saturated carbocycles. The second-order valence-electron chi connectivity index (χ2n) is 10.9. The molecule has 0 aliphatic carbocycles. The van der Waals surface area contributed by atoms with Crippen LogP contribution in [0.1, 0.15) is 33.6 Å². The maximum atomic E-state index is 15.1. The van der Waals surface area contributed by atoms with Crippen LogP contribution in [-0.4, -0.2) is 40.7 Å². The predicted molar refractivity (Wildman–Crippen MR) is 156 cm³/mol. The molecule has 2 aromatic carbocycles. The van der Waals surface area contributed by atoms with Gasteiger partial charge in [0, 0.05) is 42.2 Å². The summed E-state index contributed by atoms with van der Waals surface area (Å²) in [7, 11) is 0. The molecule has 0 radical (unpaired) electrons. The van der Waals surface area contributed by atoms with Gasteiger partial charge in [0.15, 0.2) is 6.20 Å². The molecule has 1 amide bonds. The number of aromatic nitrogens is 2. The van der Waals surface area contributed by atoms with Crippen LogP contribution in [0.25, 0.3) is 33.3 Å². The van der Waals surface area contributed by atoms with E-state index in [0.717, 1.165) is 6.07 Å². The fourth-order valence-electron chi connectivity index (χ4n) is 4.92. The molecule has 2 aromatic heterocycles. The standard InChI is InChI=1S/C30H28Cl2F2N4O3/c1-30(2,3)41-29(39)37-12-9-18(10-13-37)35-25-16-21(19-8-7-17(33)15-24(19)34)20-11-14-38(40)28(27(20)36-25)26-22(31)5-4-6-23(26)32/h4-8,11,14-16,18H,9-10,12-13H2,1-3H3,(H,35,36). The van der Waals surface area contributed by atoms with Crippen LogP contribution < -0.4 is 10.0 Å². The molecular weight excluding hydrogens is 573 g/mol. The zero-order valence-corrected chi connectivity index (χ0v) is 24.2. The third-order valence-corrected chi connectivity index (χ3v) is 7.43. The van der Waals surface area contributed by atoms with Crippen molar-refractivity contribution in [2.45, 2.75) is 45.3 Å². The number of hydrogen-bond acceptors (Lipinski definition) is 5. The summed E-state index contributed by atoms with van der Waals surface area (Å²) in [5.74, 6) is -1.09. The van der Waals surface area contributed by atoms with Crippen molar-refractivity contribution >= 4 is 46.0 Å². The molecule has 0 atom stereocenters. The van der Waals surface area contributed by atoms with Gasteiger partial charge in [-0.1, -0.05) is 29.3 Å². The van der Waals surface area contributed by atoms with E-state index in [2.05, 4.69) is 5.32 Å². The third-order valence-electron chi connectivity index (χ3n) is 6.80. The number of carbonyl (C=O) groups excluding carboxylic acids is 1. The second-order valence-corrected chi connectivity index (χ2v) is 11.7.